The Morgan fingerprint density at radius 2 is 1.76 bits per heavy atom. The van der Waals surface area contributed by atoms with E-state index in [1.54, 1.807) is 12.3 Å². The fraction of sp³-hybridized carbons (Fsp3) is 0.200. The molecule has 1 N–H and O–H groups in total. The van der Waals surface area contributed by atoms with Crippen LogP contribution in [0.1, 0.15) is 10.4 Å². The zero-order valence-corrected chi connectivity index (χ0v) is 16.2. The van der Waals surface area contributed by atoms with E-state index in [4.69, 9.17) is 4.74 Å². The second kappa shape index (κ2) is 7.78. The lowest BCUT2D eigenvalue weighted by molar-refractivity contribution is 0.0696. The smallest absolute Gasteiger partial charge is 0.335 e. The van der Waals surface area contributed by atoms with Crippen LogP contribution >= 0.6 is 0 Å². The molecule has 1 saturated heterocycles. The van der Waals surface area contributed by atoms with Crippen molar-refractivity contribution in [2.24, 2.45) is 0 Å². The minimum atomic E-state index is -3.85. The van der Waals surface area contributed by atoms with Crippen molar-refractivity contribution in [3.63, 3.8) is 0 Å². The molecule has 0 amide bonds. The summed E-state index contributed by atoms with van der Waals surface area (Å²) < 4.78 is 34.0. The van der Waals surface area contributed by atoms with Gasteiger partial charge in [0.2, 0.25) is 10.0 Å². The number of morpholine rings is 1. The highest BCUT2D eigenvalue weighted by atomic mass is 32.2. The lowest BCUT2D eigenvalue weighted by Gasteiger charge is -2.26. The molecule has 1 aliphatic rings. The topological polar surface area (TPSA) is 102 Å². The number of aromatic nitrogens is 2. The molecule has 29 heavy (non-hydrogen) atoms. The van der Waals surface area contributed by atoms with Crippen LogP contribution in [0.15, 0.2) is 65.7 Å². The minimum absolute atomic E-state index is 0.0777. The van der Waals surface area contributed by atoms with Crippen LogP contribution < -0.4 is 0 Å². The van der Waals surface area contributed by atoms with Gasteiger partial charge in [0.25, 0.3) is 0 Å². The molecule has 0 unspecified atom stereocenters. The Kier molecular flexibility index (Phi) is 5.18. The summed E-state index contributed by atoms with van der Waals surface area (Å²) in [4.78, 5) is 11.5. The van der Waals surface area contributed by atoms with Crippen molar-refractivity contribution >= 4 is 16.0 Å². The van der Waals surface area contributed by atoms with E-state index in [1.807, 2.05) is 30.3 Å². The van der Waals surface area contributed by atoms with Crippen LogP contribution in [-0.2, 0) is 14.8 Å². The number of benzene rings is 2. The number of nitrogens with zero attached hydrogens (tertiary/aromatic N) is 3. The highest BCUT2D eigenvalue weighted by molar-refractivity contribution is 7.89. The number of hydrogen-bond acceptors (Lipinski definition) is 5. The third-order valence-corrected chi connectivity index (χ3v) is 6.55. The quantitative estimate of drug-likeness (QED) is 0.688. The minimum Gasteiger partial charge on any atom is -0.478 e. The van der Waals surface area contributed by atoms with Gasteiger partial charge in [0.1, 0.15) is 0 Å². The lowest BCUT2D eigenvalue weighted by Crippen LogP contribution is -2.40. The molecule has 1 aromatic heterocycles. The molecule has 0 bridgehead atoms. The molecule has 1 fully saturated rings. The first-order valence-electron chi connectivity index (χ1n) is 9.03. The number of aromatic carboxylic acids is 1. The van der Waals surface area contributed by atoms with Gasteiger partial charge < -0.3 is 9.84 Å². The van der Waals surface area contributed by atoms with Crippen molar-refractivity contribution < 1.29 is 23.1 Å². The summed E-state index contributed by atoms with van der Waals surface area (Å²) >= 11 is 0. The average Bonchev–Trinajstić information content (AvgIpc) is 3.25. The maximum atomic E-state index is 13.0. The number of sulfonamides is 1. The molecule has 4 rings (SSSR count). The molecule has 2 heterocycles. The van der Waals surface area contributed by atoms with Gasteiger partial charge >= 0.3 is 5.97 Å². The van der Waals surface area contributed by atoms with Crippen molar-refractivity contribution in [1.29, 1.82) is 0 Å². The third-order valence-electron chi connectivity index (χ3n) is 4.67. The Labute approximate surface area is 168 Å². The SMILES string of the molecule is O=C(O)c1cc(-n2ccc(-c3ccccc3)n2)cc(S(=O)(=O)N2CCOCC2)c1. The molecule has 2 aromatic carbocycles. The van der Waals surface area contributed by atoms with Gasteiger partial charge in [-0.15, -0.1) is 0 Å². The van der Waals surface area contributed by atoms with E-state index in [9.17, 15) is 18.3 Å². The van der Waals surface area contributed by atoms with Crippen LogP contribution in [0, 0.1) is 0 Å². The van der Waals surface area contributed by atoms with E-state index < -0.39 is 16.0 Å². The highest BCUT2D eigenvalue weighted by Crippen LogP contribution is 2.24. The Bertz CT molecular complexity index is 1140. The standard InChI is InChI=1S/C20H19N3O5S/c24-20(25)16-12-17(23-7-6-19(21-23)15-4-2-1-3-5-15)14-18(13-16)29(26,27)22-8-10-28-11-9-22/h1-7,12-14H,8-11H2,(H,24,25). The summed E-state index contributed by atoms with van der Waals surface area (Å²) in [5.74, 6) is -1.21. The molecular weight excluding hydrogens is 394 g/mol. The molecule has 150 valence electrons. The number of carboxylic acid groups (broad SMARTS) is 1. The summed E-state index contributed by atoms with van der Waals surface area (Å²) in [6.45, 7) is 1.08. The predicted octanol–water partition coefficient (Wildman–Crippen LogP) is 2.26. The zero-order valence-electron chi connectivity index (χ0n) is 15.4. The van der Waals surface area contributed by atoms with Crippen molar-refractivity contribution in [3.8, 4) is 16.9 Å². The van der Waals surface area contributed by atoms with Crippen molar-refractivity contribution in [3.05, 3.63) is 66.4 Å². The largest absolute Gasteiger partial charge is 0.478 e. The average molecular weight is 413 g/mol. The zero-order chi connectivity index (χ0) is 20.4. The van der Waals surface area contributed by atoms with E-state index >= 15 is 0 Å². The van der Waals surface area contributed by atoms with E-state index in [1.165, 1.54) is 27.2 Å². The molecule has 0 saturated carbocycles. The van der Waals surface area contributed by atoms with Gasteiger partial charge in [0.15, 0.2) is 0 Å². The monoisotopic (exact) mass is 413 g/mol. The van der Waals surface area contributed by atoms with Gasteiger partial charge in [-0.3, -0.25) is 0 Å². The highest BCUT2D eigenvalue weighted by Gasteiger charge is 2.28. The Morgan fingerprint density at radius 1 is 1.03 bits per heavy atom. The summed E-state index contributed by atoms with van der Waals surface area (Å²) in [6.07, 6.45) is 1.68. The maximum Gasteiger partial charge on any atom is 0.335 e. The fourth-order valence-corrected chi connectivity index (χ4v) is 4.63. The number of hydrogen-bond donors (Lipinski definition) is 1. The van der Waals surface area contributed by atoms with Crippen LogP contribution in [0.2, 0.25) is 0 Å². The van der Waals surface area contributed by atoms with Crippen LogP contribution in [0.25, 0.3) is 16.9 Å². The van der Waals surface area contributed by atoms with Crippen molar-refractivity contribution in [1.82, 2.24) is 14.1 Å². The summed E-state index contributed by atoms with van der Waals surface area (Å²) in [6, 6.07) is 15.3. The predicted molar refractivity (Wildman–Crippen MR) is 106 cm³/mol. The number of ether oxygens (including phenoxy) is 1. The van der Waals surface area contributed by atoms with E-state index in [0.717, 1.165) is 5.56 Å². The molecular formula is C20H19N3O5S. The first-order chi connectivity index (χ1) is 13.9. The lowest BCUT2D eigenvalue weighted by atomic mass is 10.2. The Morgan fingerprint density at radius 3 is 2.45 bits per heavy atom. The molecule has 8 nitrogen and oxygen atoms in total. The van der Waals surface area contributed by atoms with Crippen LogP contribution in [0.3, 0.4) is 0 Å². The fourth-order valence-electron chi connectivity index (χ4n) is 3.15. The van der Waals surface area contributed by atoms with Gasteiger partial charge in [0.05, 0.1) is 35.1 Å². The van der Waals surface area contributed by atoms with Gasteiger partial charge in [-0.1, -0.05) is 30.3 Å². The molecule has 0 radical (unpaired) electrons. The van der Waals surface area contributed by atoms with Gasteiger partial charge in [-0.2, -0.15) is 9.40 Å². The van der Waals surface area contributed by atoms with Gasteiger partial charge in [-0.05, 0) is 24.3 Å². The van der Waals surface area contributed by atoms with Crippen molar-refractivity contribution in [2.75, 3.05) is 26.3 Å². The summed E-state index contributed by atoms with van der Waals surface area (Å²) in [5.41, 5.74) is 1.84. The Balaban J connectivity index is 1.77. The van der Waals surface area contributed by atoms with E-state index in [2.05, 4.69) is 5.10 Å². The van der Waals surface area contributed by atoms with E-state index in [0.29, 0.717) is 24.6 Å². The molecule has 1 aliphatic heterocycles. The number of rotatable bonds is 5. The number of carbonyl (C=O) groups is 1. The molecule has 9 heteroatoms. The second-order valence-corrected chi connectivity index (χ2v) is 8.49. The van der Waals surface area contributed by atoms with Crippen LogP contribution in [0.4, 0.5) is 0 Å². The van der Waals surface area contributed by atoms with Gasteiger partial charge in [0, 0.05) is 24.8 Å². The van der Waals surface area contributed by atoms with E-state index in [-0.39, 0.29) is 23.5 Å². The van der Waals surface area contributed by atoms with Crippen LogP contribution in [0.5, 0.6) is 0 Å². The first kappa shape index (κ1) is 19.3. The summed E-state index contributed by atoms with van der Waals surface area (Å²) in [5, 5.41) is 14.0. The molecule has 3 aromatic rings. The third kappa shape index (κ3) is 3.93. The van der Waals surface area contributed by atoms with Gasteiger partial charge in [-0.25, -0.2) is 17.9 Å². The van der Waals surface area contributed by atoms with Crippen LogP contribution in [-0.4, -0.2) is 59.9 Å². The molecule has 0 aliphatic carbocycles. The number of carboxylic acids is 1. The molecule has 0 atom stereocenters. The van der Waals surface area contributed by atoms with Crippen molar-refractivity contribution in [2.45, 2.75) is 4.90 Å². The molecule has 0 spiro atoms. The maximum absolute atomic E-state index is 13.0. The Hall–Kier alpha value is -3.01. The summed E-state index contributed by atoms with van der Waals surface area (Å²) in [7, 11) is -3.85. The normalized spacial score (nSPS) is 15.3. The first-order valence-corrected chi connectivity index (χ1v) is 10.5. The second-order valence-electron chi connectivity index (χ2n) is 6.55.